The molecule has 1 fully saturated rings. The molecule has 0 aliphatic carbocycles. The molecular weight excluding hydrogens is 264 g/mol. The number of carbonyl (C=O) groups is 1. The minimum atomic E-state index is -0.0114. The molecule has 106 valence electrons. The average molecular weight is 285 g/mol. The van der Waals surface area contributed by atoms with E-state index in [4.69, 9.17) is 16.3 Å². The average Bonchev–Trinajstić information content (AvgIpc) is 2.66. The van der Waals surface area contributed by atoms with Gasteiger partial charge in [0.05, 0.1) is 25.1 Å². The number of hydrogen-bond acceptors (Lipinski definition) is 3. The number of likely N-dealkylation sites (N-methyl/N-ethyl adjacent to an activating group) is 1. The van der Waals surface area contributed by atoms with Crippen LogP contribution in [-0.2, 0) is 11.3 Å². The molecule has 1 aliphatic heterocycles. The molecular formula is C14H21ClN2O2. The quantitative estimate of drug-likeness (QED) is 0.625. The number of Topliss-reactive ketones (excluding diaryl/α,β-unsaturated/α-hetero) is 1. The van der Waals surface area contributed by atoms with E-state index in [1.807, 2.05) is 19.9 Å². The molecule has 1 aliphatic rings. The van der Waals surface area contributed by atoms with Gasteiger partial charge in [0.2, 0.25) is 0 Å². The summed E-state index contributed by atoms with van der Waals surface area (Å²) in [6.45, 7) is 7.46. The van der Waals surface area contributed by atoms with Crippen LogP contribution in [0.25, 0.3) is 0 Å². The fourth-order valence-corrected chi connectivity index (χ4v) is 2.76. The van der Waals surface area contributed by atoms with Gasteiger partial charge in [-0.3, -0.25) is 4.79 Å². The first kappa shape index (κ1) is 14.6. The lowest BCUT2D eigenvalue weighted by molar-refractivity contribution is -0.0278. The molecule has 1 aromatic heterocycles. The summed E-state index contributed by atoms with van der Waals surface area (Å²) in [6, 6.07) is 1.92. The van der Waals surface area contributed by atoms with Crippen LogP contribution in [0.3, 0.4) is 0 Å². The molecule has 2 heterocycles. The lowest BCUT2D eigenvalue weighted by Crippen LogP contribution is -2.42. The Morgan fingerprint density at radius 3 is 2.89 bits per heavy atom. The SMILES string of the molecule is Cc1cc(C(=O)CCl)c(C)n1CC1CN(C)CCO1. The van der Waals surface area contributed by atoms with Crippen LogP contribution >= 0.6 is 11.6 Å². The highest BCUT2D eigenvalue weighted by Crippen LogP contribution is 2.18. The highest BCUT2D eigenvalue weighted by Gasteiger charge is 2.21. The third kappa shape index (κ3) is 3.19. The number of alkyl halides is 1. The van der Waals surface area contributed by atoms with E-state index in [0.29, 0.717) is 0 Å². The molecule has 0 saturated carbocycles. The monoisotopic (exact) mass is 284 g/mol. The van der Waals surface area contributed by atoms with Crippen LogP contribution < -0.4 is 0 Å². The van der Waals surface area contributed by atoms with Crippen molar-refractivity contribution < 1.29 is 9.53 Å². The van der Waals surface area contributed by atoms with Crippen molar-refractivity contribution in [2.45, 2.75) is 26.5 Å². The Hall–Kier alpha value is -0.840. The minimum absolute atomic E-state index is 0.0114. The van der Waals surface area contributed by atoms with Crippen LogP contribution in [0.4, 0.5) is 0 Å². The van der Waals surface area contributed by atoms with Crippen molar-refractivity contribution in [2.24, 2.45) is 0 Å². The number of hydrogen-bond donors (Lipinski definition) is 0. The van der Waals surface area contributed by atoms with Crippen molar-refractivity contribution in [1.29, 1.82) is 0 Å². The van der Waals surface area contributed by atoms with Gasteiger partial charge in [0.1, 0.15) is 0 Å². The summed E-state index contributed by atoms with van der Waals surface area (Å²) in [5.41, 5.74) is 2.81. The van der Waals surface area contributed by atoms with Crippen molar-refractivity contribution in [1.82, 2.24) is 9.47 Å². The number of halogens is 1. The standard InChI is InChI=1S/C14H21ClN2O2/c1-10-6-13(14(18)7-15)11(2)17(10)9-12-8-16(3)4-5-19-12/h6,12H,4-5,7-9H2,1-3H3. The first-order chi connectivity index (χ1) is 9.02. The number of rotatable bonds is 4. The number of ketones is 1. The predicted octanol–water partition coefficient (Wildman–Crippen LogP) is 1.86. The van der Waals surface area contributed by atoms with E-state index < -0.39 is 0 Å². The van der Waals surface area contributed by atoms with Gasteiger partial charge in [0.15, 0.2) is 5.78 Å². The molecule has 0 N–H and O–H groups in total. The lowest BCUT2D eigenvalue weighted by atomic mass is 10.2. The summed E-state index contributed by atoms with van der Waals surface area (Å²) in [6.07, 6.45) is 0.183. The fourth-order valence-electron chi connectivity index (χ4n) is 2.62. The van der Waals surface area contributed by atoms with Crippen molar-refractivity contribution in [3.05, 3.63) is 23.0 Å². The van der Waals surface area contributed by atoms with Gasteiger partial charge in [0.25, 0.3) is 0 Å². The van der Waals surface area contributed by atoms with Crippen LogP contribution in [-0.4, -0.2) is 54.0 Å². The lowest BCUT2D eigenvalue weighted by Gasteiger charge is -2.31. The number of aryl methyl sites for hydroxylation is 1. The van der Waals surface area contributed by atoms with Crippen LogP contribution in [0.5, 0.6) is 0 Å². The zero-order chi connectivity index (χ0) is 14.0. The Labute approximate surface area is 119 Å². The topological polar surface area (TPSA) is 34.5 Å². The van der Waals surface area contributed by atoms with Gasteiger partial charge >= 0.3 is 0 Å². The molecule has 0 spiro atoms. The Morgan fingerprint density at radius 2 is 2.26 bits per heavy atom. The van der Waals surface area contributed by atoms with E-state index in [0.717, 1.165) is 43.2 Å². The summed E-state index contributed by atoms with van der Waals surface area (Å²) in [7, 11) is 2.10. The number of nitrogens with zero attached hydrogens (tertiary/aromatic N) is 2. The molecule has 5 heteroatoms. The van der Waals surface area contributed by atoms with Crippen molar-refractivity contribution >= 4 is 17.4 Å². The fraction of sp³-hybridized carbons (Fsp3) is 0.643. The highest BCUT2D eigenvalue weighted by molar-refractivity contribution is 6.30. The van der Waals surface area contributed by atoms with E-state index in [9.17, 15) is 4.79 Å². The summed E-state index contributed by atoms with van der Waals surface area (Å²) < 4.78 is 7.94. The van der Waals surface area contributed by atoms with Gasteiger partial charge in [-0.2, -0.15) is 0 Å². The van der Waals surface area contributed by atoms with Gasteiger partial charge in [-0.25, -0.2) is 0 Å². The van der Waals surface area contributed by atoms with Crippen LogP contribution in [0.2, 0.25) is 0 Å². The van der Waals surface area contributed by atoms with E-state index >= 15 is 0 Å². The summed E-state index contributed by atoms with van der Waals surface area (Å²) in [5, 5.41) is 0. The second-order valence-electron chi connectivity index (χ2n) is 5.21. The van der Waals surface area contributed by atoms with Gasteiger partial charge < -0.3 is 14.2 Å². The van der Waals surface area contributed by atoms with E-state index in [2.05, 4.69) is 16.5 Å². The maximum absolute atomic E-state index is 11.8. The first-order valence-electron chi connectivity index (χ1n) is 6.59. The molecule has 0 amide bonds. The molecule has 1 aromatic rings. The molecule has 1 unspecified atom stereocenters. The Balaban J connectivity index is 2.16. The Morgan fingerprint density at radius 1 is 1.53 bits per heavy atom. The first-order valence-corrected chi connectivity index (χ1v) is 7.12. The van der Waals surface area contributed by atoms with Gasteiger partial charge in [-0.15, -0.1) is 11.6 Å². The Kier molecular flexibility index (Phi) is 4.66. The molecule has 1 saturated heterocycles. The number of carbonyl (C=O) groups excluding carboxylic acids is 1. The van der Waals surface area contributed by atoms with Gasteiger partial charge in [-0.1, -0.05) is 0 Å². The molecule has 2 rings (SSSR count). The number of aromatic nitrogens is 1. The van der Waals surface area contributed by atoms with Gasteiger partial charge in [0, 0.05) is 30.0 Å². The largest absolute Gasteiger partial charge is 0.374 e. The minimum Gasteiger partial charge on any atom is -0.374 e. The number of morpholine rings is 1. The van der Waals surface area contributed by atoms with Crippen molar-refractivity contribution in [3.8, 4) is 0 Å². The van der Waals surface area contributed by atoms with Crippen molar-refractivity contribution in [2.75, 3.05) is 32.6 Å². The second-order valence-corrected chi connectivity index (χ2v) is 5.47. The molecule has 4 nitrogen and oxygen atoms in total. The van der Waals surface area contributed by atoms with Crippen LogP contribution in [0.1, 0.15) is 21.7 Å². The maximum Gasteiger partial charge on any atom is 0.179 e. The third-order valence-corrected chi connectivity index (χ3v) is 3.97. The van der Waals surface area contributed by atoms with Crippen molar-refractivity contribution in [3.63, 3.8) is 0 Å². The molecule has 0 aromatic carbocycles. The van der Waals surface area contributed by atoms with Gasteiger partial charge in [-0.05, 0) is 27.0 Å². The molecule has 1 atom stereocenters. The maximum atomic E-state index is 11.8. The zero-order valence-electron chi connectivity index (χ0n) is 11.8. The van der Waals surface area contributed by atoms with E-state index in [1.165, 1.54) is 0 Å². The molecule has 0 radical (unpaired) electrons. The zero-order valence-corrected chi connectivity index (χ0v) is 12.5. The summed E-state index contributed by atoms with van der Waals surface area (Å²) in [4.78, 5) is 14.0. The molecule has 19 heavy (non-hydrogen) atoms. The third-order valence-electron chi connectivity index (χ3n) is 3.72. The van der Waals surface area contributed by atoms with Crippen LogP contribution in [0.15, 0.2) is 6.07 Å². The van der Waals surface area contributed by atoms with E-state index in [-0.39, 0.29) is 17.8 Å². The predicted molar refractivity (Wildman–Crippen MR) is 76.2 cm³/mol. The molecule has 0 bridgehead atoms. The van der Waals surface area contributed by atoms with Crippen LogP contribution in [0, 0.1) is 13.8 Å². The Bertz CT molecular complexity index is 470. The highest BCUT2D eigenvalue weighted by atomic mass is 35.5. The number of ether oxygens (including phenoxy) is 1. The summed E-state index contributed by atoms with van der Waals surface area (Å²) in [5.74, 6) is 0.0233. The second kappa shape index (κ2) is 6.07. The summed E-state index contributed by atoms with van der Waals surface area (Å²) >= 11 is 5.64. The smallest absolute Gasteiger partial charge is 0.179 e. The van der Waals surface area contributed by atoms with E-state index in [1.54, 1.807) is 0 Å². The normalized spacial score (nSPS) is 20.7.